The Bertz CT molecular complexity index is 427. The summed E-state index contributed by atoms with van der Waals surface area (Å²) in [6.45, 7) is 0. The zero-order valence-corrected chi connectivity index (χ0v) is 10.1. The highest BCUT2D eigenvalue weighted by atomic mass is 32.2. The van der Waals surface area contributed by atoms with E-state index in [1.165, 1.54) is 12.1 Å². The summed E-state index contributed by atoms with van der Waals surface area (Å²) in [7, 11) is 0. The number of amides is 1. The number of benzene rings is 1. The quantitative estimate of drug-likeness (QED) is 0.871. The fraction of sp³-hybridized carbons (Fsp3) is 0.364. The third kappa shape index (κ3) is 3.17. The summed E-state index contributed by atoms with van der Waals surface area (Å²) >= 11 is 1.61. The van der Waals surface area contributed by atoms with Crippen LogP contribution in [0.4, 0.5) is 18.9 Å². The SMILES string of the molecule is O=C(Nc1ccc(C(F)(F)F)cc1)C1CSCN1. The summed E-state index contributed by atoms with van der Waals surface area (Å²) in [5, 5.41) is 5.56. The molecule has 0 bridgehead atoms. The van der Waals surface area contributed by atoms with Crippen molar-refractivity contribution in [3.05, 3.63) is 29.8 Å². The Morgan fingerprint density at radius 2 is 2.00 bits per heavy atom. The van der Waals surface area contributed by atoms with Crippen molar-refractivity contribution in [3.63, 3.8) is 0 Å². The molecule has 0 saturated carbocycles. The van der Waals surface area contributed by atoms with Crippen LogP contribution in [0.15, 0.2) is 24.3 Å². The molecule has 98 valence electrons. The molecule has 0 aliphatic carbocycles. The molecule has 0 spiro atoms. The molecule has 1 atom stereocenters. The summed E-state index contributed by atoms with van der Waals surface area (Å²) < 4.78 is 37.0. The van der Waals surface area contributed by atoms with Gasteiger partial charge in [-0.3, -0.25) is 10.1 Å². The number of carbonyl (C=O) groups excluding carboxylic acids is 1. The number of thioether (sulfide) groups is 1. The average Bonchev–Trinajstić information content (AvgIpc) is 2.82. The molecule has 3 nitrogen and oxygen atoms in total. The van der Waals surface area contributed by atoms with Crippen LogP contribution in [0.5, 0.6) is 0 Å². The number of carbonyl (C=O) groups is 1. The van der Waals surface area contributed by atoms with Crippen LogP contribution in [-0.4, -0.2) is 23.6 Å². The highest BCUT2D eigenvalue weighted by Gasteiger charge is 2.30. The lowest BCUT2D eigenvalue weighted by atomic mass is 10.2. The normalized spacial score (nSPS) is 19.8. The van der Waals surface area contributed by atoms with Gasteiger partial charge < -0.3 is 5.32 Å². The number of rotatable bonds is 2. The molecule has 1 aliphatic rings. The standard InChI is InChI=1S/C11H11F3N2OS/c12-11(13,14)7-1-3-8(4-2-7)16-10(17)9-5-18-6-15-9/h1-4,9,15H,5-6H2,(H,16,17). The zero-order valence-electron chi connectivity index (χ0n) is 9.25. The number of hydrogen-bond donors (Lipinski definition) is 2. The number of halogens is 3. The summed E-state index contributed by atoms with van der Waals surface area (Å²) in [6, 6.07) is 4.13. The van der Waals surface area contributed by atoms with Gasteiger partial charge in [0.05, 0.1) is 11.6 Å². The summed E-state index contributed by atoms with van der Waals surface area (Å²) in [4.78, 5) is 11.7. The van der Waals surface area contributed by atoms with Crippen LogP contribution < -0.4 is 10.6 Å². The van der Waals surface area contributed by atoms with E-state index >= 15 is 0 Å². The third-order valence-corrected chi connectivity index (χ3v) is 3.45. The van der Waals surface area contributed by atoms with Gasteiger partial charge in [-0.25, -0.2) is 0 Å². The smallest absolute Gasteiger partial charge is 0.325 e. The first kappa shape index (κ1) is 13.2. The van der Waals surface area contributed by atoms with E-state index in [2.05, 4.69) is 10.6 Å². The Kier molecular flexibility index (Phi) is 3.82. The van der Waals surface area contributed by atoms with Crippen molar-refractivity contribution in [1.82, 2.24) is 5.32 Å². The molecule has 1 unspecified atom stereocenters. The zero-order chi connectivity index (χ0) is 13.2. The fourth-order valence-electron chi connectivity index (χ4n) is 1.54. The molecule has 0 radical (unpaired) electrons. The van der Waals surface area contributed by atoms with Gasteiger partial charge in [0.1, 0.15) is 0 Å². The predicted molar refractivity (Wildman–Crippen MR) is 64.3 cm³/mol. The highest BCUT2D eigenvalue weighted by molar-refractivity contribution is 7.99. The van der Waals surface area contributed by atoms with Gasteiger partial charge in [0.25, 0.3) is 0 Å². The Labute approximate surface area is 106 Å². The molecule has 1 saturated heterocycles. The van der Waals surface area contributed by atoms with Crippen molar-refractivity contribution in [1.29, 1.82) is 0 Å². The molecule has 1 aromatic carbocycles. The van der Waals surface area contributed by atoms with Crippen molar-refractivity contribution in [2.24, 2.45) is 0 Å². The molecule has 1 aliphatic heterocycles. The maximum atomic E-state index is 12.3. The van der Waals surface area contributed by atoms with Crippen LogP contribution in [0.3, 0.4) is 0 Å². The lowest BCUT2D eigenvalue weighted by Crippen LogP contribution is -2.37. The van der Waals surface area contributed by atoms with E-state index in [0.717, 1.165) is 12.1 Å². The second kappa shape index (κ2) is 5.19. The molecule has 18 heavy (non-hydrogen) atoms. The van der Waals surface area contributed by atoms with E-state index < -0.39 is 11.7 Å². The van der Waals surface area contributed by atoms with Crippen LogP contribution >= 0.6 is 11.8 Å². The van der Waals surface area contributed by atoms with Gasteiger partial charge in [0.2, 0.25) is 5.91 Å². The lowest BCUT2D eigenvalue weighted by molar-refractivity contribution is -0.137. The summed E-state index contributed by atoms with van der Waals surface area (Å²) in [5.41, 5.74) is -0.359. The van der Waals surface area contributed by atoms with Crippen LogP contribution in [0, 0.1) is 0 Å². The van der Waals surface area contributed by atoms with Gasteiger partial charge in [-0.15, -0.1) is 11.8 Å². The van der Waals surface area contributed by atoms with Crippen molar-refractivity contribution in [2.45, 2.75) is 12.2 Å². The van der Waals surface area contributed by atoms with Crippen LogP contribution in [0.2, 0.25) is 0 Å². The Balaban J connectivity index is 2.00. The van der Waals surface area contributed by atoms with Gasteiger partial charge in [0, 0.05) is 17.3 Å². The first-order chi connectivity index (χ1) is 8.47. The van der Waals surface area contributed by atoms with Gasteiger partial charge in [-0.1, -0.05) is 0 Å². The summed E-state index contributed by atoms with van der Waals surface area (Å²) in [5.74, 6) is 1.16. The number of alkyl halides is 3. The maximum Gasteiger partial charge on any atom is 0.416 e. The summed E-state index contributed by atoms with van der Waals surface area (Å²) in [6.07, 6.45) is -4.35. The predicted octanol–water partition coefficient (Wildman–Crippen LogP) is 2.31. The van der Waals surface area contributed by atoms with E-state index in [9.17, 15) is 18.0 Å². The number of nitrogens with one attached hydrogen (secondary N) is 2. The van der Waals surface area contributed by atoms with E-state index in [0.29, 0.717) is 17.3 Å². The number of hydrogen-bond acceptors (Lipinski definition) is 3. The molecular weight excluding hydrogens is 265 g/mol. The van der Waals surface area contributed by atoms with E-state index in [4.69, 9.17) is 0 Å². The largest absolute Gasteiger partial charge is 0.416 e. The second-order valence-corrected chi connectivity index (χ2v) is 4.87. The first-order valence-corrected chi connectivity index (χ1v) is 6.41. The van der Waals surface area contributed by atoms with E-state index in [1.807, 2.05) is 0 Å². The van der Waals surface area contributed by atoms with Crippen molar-refractivity contribution in [3.8, 4) is 0 Å². The minimum Gasteiger partial charge on any atom is -0.325 e. The third-order valence-electron chi connectivity index (χ3n) is 2.51. The molecule has 1 heterocycles. The molecule has 2 N–H and O–H groups in total. The molecule has 2 rings (SSSR count). The highest BCUT2D eigenvalue weighted by Crippen LogP contribution is 2.29. The lowest BCUT2D eigenvalue weighted by Gasteiger charge is -2.11. The van der Waals surface area contributed by atoms with E-state index in [-0.39, 0.29) is 11.9 Å². The minimum absolute atomic E-state index is 0.222. The van der Waals surface area contributed by atoms with Gasteiger partial charge >= 0.3 is 6.18 Å². The fourth-order valence-corrected chi connectivity index (χ4v) is 2.48. The van der Waals surface area contributed by atoms with Crippen LogP contribution in [0.25, 0.3) is 0 Å². The monoisotopic (exact) mass is 276 g/mol. The van der Waals surface area contributed by atoms with Crippen molar-refractivity contribution in [2.75, 3.05) is 16.9 Å². The molecule has 1 fully saturated rings. The molecule has 1 aromatic rings. The Hall–Kier alpha value is -1.21. The average molecular weight is 276 g/mol. The molecule has 0 aromatic heterocycles. The minimum atomic E-state index is -4.35. The van der Waals surface area contributed by atoms with Crippen LogP contribution in [0.1, 0.15) is 5.56 Å². The van der Waals surface area contributed by atoms with Crippen molar-refractivity contribution >= 4 is 23.4 Å². The topological polar surface area (TPSA) is 41.1 Å². The molecule has 1 amide bonds. The molecule has 7 heteroatoms. The van der Waals surface area contributed by atoms with Gasteiger partial charge in [-0.2, -0.15) is 13.2 Å². The molecular formula is C11H11F3N2OS. The Morgan fingerprint density at radius 1 is 1.33 bits per heavy atom. The van der Waals surface area contributed by atoms with Gasteiger partial charge in [0.15, 0.2) is 0 Å². The second-order valence-electron chi connectivity index (χ2n) is 3.84. The van der Waals surface area contributed by atoms with E-state index in [1.54, 1.807) is 11.8 Å². The van der Waals surface area contributed by atoms with Crippen LogP contribution in [-0.2, 0) is 11.0 Å². The van der Waals surface area contributed by atoms with Crippen molar-refractivity contribution < 1.29 is 18.0 Å². The Morgan fingerprint density at radius 3 is 2.50 bits per heavy atom. The van der Waals surface area contributed by atoms with Gasteiger partial charge in [-0.05, 0) is 24.3 Å². The maximum absolute atomic E-state index is 12.3. The first-order valence-electron chi connectivity index (χ1n) is 5.26. The number of anilines is 1.